The summed E-state index contributed by atoms with van der Waals surface area (Å²) in [4.78, 5) is 24.1. The van der Waals surface area contributed by atoms with E-state index >= 15 is 0 Å². The molecule has 3 N–H and O–H groups in total. The van der Waals surface area contributed by atoms with Crippen LogP contribution in [0, 0.1) is 0 Å². The maximum Gasteiger partial charge on any atom is 0.324 e. The van der Waals surface area contributed by atoms with Gasteiger partial charge in [0.1, 0.15) is 0 Å². The molecule has 0 aromatic heterocycles. The molecule has 0 atom stereocenters. The van der Waals surface area contributed by atoms with Gasteiger partial charge in [0, 0.05) is 0 Å². The van der Waals surface area contributed by atoms with Crippen molar-refractivity contribution in [3.8, 4) is 0 Å². The van der Waals surface area contributed by atoms with Crippen LogP contribution in [0.25, 0.3) is 0 Å². The van der Waals surface area contributed by atoms with Crippen molar-refractivity contribution in [2.75, 3.05) is 19.6 Å². The summed E-state index contributed by atoms with van der Waals surface area (Å²) >= 11 is 0. The minimum absolute atomic E-state index is 1.19. The maximum absolute atomic E-state index is 7.23. The number of nitrogens with zero attached hydrogens (tertiary/aromatic N) is 1. The number of hydrogen-bond acceptors (Lipinski definition) is 4. The van der Waals surface area contributed by atoms with Crippen molar-refractivity contribution in [3.63, 3.8) is 0 Å². The molecule has 0 aromatic rings. The highest BCUT2D eigenvalue weighted by Crippen LogP contribution is 2.11. The molecule has 0 aliphatic carbocycles. The molecule has 0 aliphatic heterocycles. The van der Waals surface area contributed by atoms with Crippen molar-refractivity contribution < 1.29 is 14.7 Å². The van der Waals surface area contributed by atoms with Crippen LogP contribution in [0.5, 0.6) is 0 Å². The second kappa shape index (κ2) is 10.3. The highest BCUT2D eigenvalue weighted by molar-refractivity contribution is 7.38. The van der Waals surface area contributed by atoms with Gasteiger partial charge in [0.05, 0.1) is 0 Å². The highest BCUT2D eigenvalue weighted by atomic mass is 31.2. The molecule has 5 heteroatoms. The Labute approximate surface area is 69.5 Å². The molecule has 0 spiro atoms. The van der Waals surface area contributed by atoms with Crippen molar-refractivity contribution in [1.82, 2.24) is 4.90 Å². The van der Waals surface area contributed by atoms with E-state index < -0.39 is 8.60 Å². The summed E-state index contributed by atoms with van der Waals surface area (Å²) in [6.45, 7) is 10.1. The summed E-state index contributed by atoms with van der Waals surface area (Å²) in [5, 5.41) is 0. The van der Waals surface area contributed by atoms with E-state index in [-0.39, 0.29) is 0 Å². The molecule has 0 saturated carbocycles. The van der Waals surface area contributed by atoms with Crippen LogP contribution in [0.15, 0.2) is 0 Å². The summed E-state index contributed by atoms with van der Waals surface area (Å²) in [7, 11) is -2.62. The molecule has 0 saturated heterocycles. The molecule has 0 radical (unpaired) electrons. The molecule has 4 nitrogen and oxygen atoms in total. The molecule has 0 rings (SSSR count). The standard InChI is InChI=1S/C6H15N.H3O3P/c1-4-7(5-2)6-3;1-4(2)3/h4-6H2,1-3H3;1-3H. The molecule has 0 heterocycles. The van der Waals surface area contributed by atoms with Crippen LogP contribution in [0.3, 0.4) is 0 Å². The van der Waals surface area contributed by atoms with Crippen molar-refractivity contribution in [3.05, 3.63) is 0 Å². The molecule has 0 bridgehead atoms. The minimum atomic E-state index is -2.62. The van der Waals surface area contributed by atoms with E-state index in [2.05, 4.69) is 25.7 Å². The Kier molecular flexibility index (Phi) is 12.9. The van der Waals surface area contributed by atoms with Gasteiger partial charge in [0.2, 0.25) is 0 Å². The Morgan fingerprint density at radius 2 is 1.09 bits per heavy atom. The summed E-state index contributed by atoms with van der Waals surface area (Å²) < 4.78 is 0. The van der Waals surface area contributed by atoms with Crippen LogP contribution >= 0.6 is 8.60 Å². The summed E-state index contributed by atoms with van der Waals surface area (Å²) in [6, 6.07) is 0. The second-order valence-corrected chi connectivity index (χ2v) is 2.42. The van der Waals surface area contributed by atoms with Crippen LogP contribution in [0.4, 0.5) is 0 Å². The molecular weight excluding hydrogens is 165 g/mol. The van der Waals surface area contributed by atoms with Gasteiger partial charge in [-0.15, -0.1) is 0 Å². The molecule has 0 aromatic carbocycles. The number of hydrogen-bond donors (Lipinski definition) is 3. The average molecular weight is 183 g/mol. The quantitative estimate of drug-likeness (QED) is 0.559. The van der Waals surface area contributed by atoms with Gasteiger partial charge in [-0.05, 0) is 19.6 Å². The third-order valence-electron chi connectivity index (χ3n) is 1.34. The normalized spacial score (nSPS) is 9.82. The Balaban J connectivity index is 0. The SMILES string of the molecule is CCN(CC)CC.OP(O)O. The van der Waals surface area contributed by atoms with Gasteiger partial charge in [-0.25, -0.2) is 0 Å². The first kappa shape index (κ1) is 13.8. The predicted molar refractivity (Wildman–Crippen MR) is 47.0 cm³/mol. The molecule has 0 amide bonds. The Bertz CT molecular complexity index is 60.6. The van der Waals surface area contributed by atoms with Gasteiger partial charge >= 0.3 is 8.60 Å². The largest absolute Gasteiger partial charge is 0.328 e. The van der Waals surface area contributed by atoms with Gasteiger partial charge in [-0.1, -0.05) is 20.8 Å². The topological polar surface area (TPSA) is 63.9 Å². The van der Waals surface area contributed by atoms with E-state index in [1.54, 1.807) is 0 Å². The van der Waals surface area contributed by atoms with E-state index in [1.165, 1.54) is 19.6 Å². The average Bonchev–Trinajstić information content (AvgIpc) is 1.90. The first-order valence-electron chi connectivity index (χ1n) is 3.67. The van der Waals surface area contributed by atoms with Crippen molar-refractivity contribution in [2.24, 2.45) is 0 Å². The van der Waals surface area contributed by atoms with Crippen molar-refractivity contribution in [2.45, 2.75) is 20.8 Å². The molecule has 70 valence electrons. The first-order valence-corrected chi connectivity index (χ1v) is 4.87. The molecule has 11 heavy (non-hydrogen) atoms. The predicted octanol–water partition coefficient (Wildman–Crippen LogP) is 0.538. The fourth-order valence-corrected chi connectivity index (χ4v) is 0.671. The van der Waals surface area contributed by atoms with E-state index in [9.17, 15) is 0 Å². The molecule has 0 unspecified atom stereocenters. The Morgan fingerprint density at radius 3 is 1.09 bits per heavy atom. The zero-order valence-electron chi connectivity index (χ0n) is 7.36. The van der Waals surface area contributed by atoms with Crippen LogP contribution in [-0.4, -0.2) is 39.2 Å². The lowest BCUT2D eigenvalue weighted by Crippen LogP contribution is -2.21. The zero-order chi connectivity index (χ0) is 9.28. The van der Waals surface area contributed by atoms with Crippen LogP contribution in [0.1, 0.15) is 20.8 Å². The van der Waals surface area contributed by atoms with Crippen molar-refractivity contribution >= 4 is 8.60 Å². The van der Waals surface area contributed by atoms with E-state index in [4.69, 9.17) is 14.7 Å². The van der Waals surface area contributed by atoms with Gasteiger partial charge < -0.3 is 19.6 Å². The second-order valence-electron chi connectivity index (χ2n) is 1.89. The van der Waals surface area contributed by atoms with Gasteiger partial charge in [-0.2, -0.15) is 0 Å². The zero-order valence-corrected chi connectivity index (χ0v) is 8.25. The van der Waals surface area contributed by atoms with Crippen LogP contribution in [0.2, 0.25) is 0 Å². The fraction of sp³-hybridized carbons (Fsp3) is 1.00. The third-order valence-corrected chi connectivity index (χ3v) is 1.34. The van der Waals surface area contributed by atoms with E-state index in [0.717, 1.165) is 0 Å². The molecule has 0 fully saturated rings. The Hall–Kier alpha value is 0.270. The monoisotopic (exact) mass is 183 g/mol. The fourth-order valence-electron chi connectivity index (χ4n) is 0.671. The van der Waals surface area contributed by atoms with Gasteiger partial charge in [-0.3, -0.25) is 0 Å². The summed E-state index contributed by atoms with van der Waals surface area (Å²) in [5.74, 6) is 0. The van der Waals surface area contributed by atoms with Crippen molar-refractivity contribution in [1.29, 1.82) is 0 Å². The maximum atomic E-state index is 7.23. The number of rotatable bonds is 3. The summed E-state index contributed by atoms with van der Waals surface area (Å²) in [5.41, 5.74) is 0. The van der Waals surface area contributed by atoms with Gasteiger partial charge in [0.25, 0.3) is 0 Å². The van der Waals surface area contributed by atoms with E-state index in [1.807, 2.05) is 0 Å². The molecule has 0 aliphatic rings. The van der Waals surface area contributed by atoms with E-state index in [0.29, 0.717) is 0 Å². The smallest absolute Gasteiger partial charge is 0.324 e. The highest BCUT2D eigenvalue weighted by Gasteiger charge is 1.89. The lowest BCUT2D eigenvalue weighted by molar-refractivity contribution is 0.321. The van der Waals surface area contributed by atoms with Crippen LogP contribution in [-0.2, 0) is 0 Å². The van der Waals surface area contributed by atoms with Crippen LogP contribution < -0.4 is 0 Å². The summed E-state index contributed by atoms with van der Waals surface area (Å²) in [6.07, 6.45) is 0. The lowest BCUT2D eigenvalue weighted by atomic mass is 10.5. The molecular formula is C6H18NO3P. The van der Waals surface area contributed by atoms with Gasteiger partial charge in [0.15, 0.2) is 0 Å². The lowest BCUT2D eigenvalue weighted by Gasteiger charge is -2.13. The minimum Gasteiger partial charge on any atom is -0.328 e. The third kappa shape index (κ3) is 17.9. The first-order chi connectivity index (χ1) is 5.08. The Morgan fingerprint density at radius 1 is 0.909 bits per heavy atom.